The highest BCUT2D eigenvalue weighted by atomic mass is 35.5. The maximum Gasteiger partial charge on any atom is 0.320 e. The summed E-state index contributed by atoms with van der Waals surface area (Å²) in [5, 5.41) is 14.7. The van der Waals surface area contributed by atoms with Crippen molar-refractivity contribution in [3.63, 3.8) is 0 Å². The van der Waals surface area contributed by atoms with E-state index >= 15 is 0 Å². The summed E-state index contributed by atoms with van der Waals surface area (Å²) in [5.74, 6) is -1.15. The first-order valence-electron chi connectivity index (χ1n) is 7.19. The van der Waals surface area contributed by atoms with E-state index < -0.39 is 12.0 Å². The van der Waals surface area contributed by atoms with Gasteiger partial charge in [0.25, 0.3) is 0 Å². The maximum atomic E-state index is 12.0. The fourth-order valence-corrected chi connectivity index (χ4v) is 2.38. The standard InChI is InChI=1S/C16H24N2O3.ClH/c1-5-6-13(16(20)21)17-9-14(19)18-15-11(3)7-10(2)8-12(15)4;/h7-8,13,17H,5-6,9H2,1-4H3,(H,18,19)(H,20,21);1H. The Labute approximate surface area is 137 Å². The van der Waals surface area contributed by atoms with E-state index in [9.17, 15) is 9.59 Å². The zero-order chi connectivity index (χ0) is 16.0. The van der Waals surface area contributed by atoms with Crippen LogP contribution in [0, 0.1) is 20.8 Å². The number of aliphatic carboxylic acids is 1. The largest absolute Gasteiger partial charge is 0.480 e. The Kier molecular flexibility index (Phi) is 8.75. The summed E-state index contributed by atoms with van der Waals surface area (Å²) < 4.78 is 0. The first-order chi connectivity index (χ1) is 9.85. The Hall–Kier alpha value is -1.59. The van der Waals surface area contributed by atoms with Crippen molar-refractivity contribution in [2.45, 2.75) is 46.6 Å². The summed E-state index contributed by atoms with van der Waals surface area (Å²) in [6.45, 7) is 7.80. The van der Waals surface area contributed by atoms with Gasteiger partial charge in [0.15, 0.2) is 0 Å². The minimum Gasteiger partial charge on any atom is -0.480 e. The lowest BCUT2D eigenvalue weighted by atomic mass is 10.1. The first-order valence-corrected chi connectivity index (χ1v) is 7.19. The van der Waals surface area contributed by atoms with Crippen LogP contribution >= 0.6 is 12.4 Å². The number of carbonyl (C=O) groups is 2. The molecule has 1 amide bonds. The molecule has 1 aromatic carbocycles. The summed E-state index contributed by atoms with van der Waals surface area (Å²) in [6, 6.07) is 3.33. The normalized spacial score (nSPS) is 11.5. The molecule has 0 aliphatic carbocycles. The maximum absolute atomic E-state index is 12.0. The average Bonchev–Trinajstić information content (AvgIpc) is 2.38. The van der Waals surface area contributed by atoms with Gasteiger partial charge in [-0.25, -0.2) is 0 Å². The van der Waals surface area contributed by atoms with Gasteiger partial charge in [-0.15, -0.1) is 12.4 Å². The molecule has 3 N–H and O–H groups in total. The van der Waals surface area contributed by atoms with E-state index in [1.807, 2.05) is 39.8 Å². The van der Waals surface area contributed by atoms with Crippen LogP contribution in [-0.4, -0.2) is 29.6 Å². The molecule has 0 aliphatic rings. The first kappa shape index (κ1) is 20.4. The summed E-state index contributed by atoms with van der Waals surface area (Å²) >= 11 is 0. The Morgan fingerprint density at radius 1 is 1.18 bits per heavy atom. The number of benzene rings is 1. The number of amides is 1. The third kappa shape index (κ3) is 6.03. The van der Waals surface area contributed by atoms with Crippen molar-refractivity contribution < 1.29 is 14.7 Å². The van der Waals surface area contributed by atoms with Gasteiger partial charge >= 0.3 is 5.97 Å². The molecule has 1 atom stereocenters. The summed E-state index contributed by atoms with van der Waals surface area (Å²) in [7, 11) is 0. The van der Waals surface area contributed by atoms with Crippen molar-refractivity contribution >= 4 is 30.0 Å². The van der Waals surface area contributed by atoms with E-state index in [2.05, 4.69) is 10.6 Å². The topological polar surface area (TPSA) is 78.4 Å². The van der Waals surface area contributed by atoms with Gasteiger partial charge in [-0.2, -0.15) is 0 Å². The lowest BCUT2D eigenvalue weighted by Crippen LogP contribution is -2.41. The van der Waals surface area contributed by atoms with Crippen LogP contribution in [0.25, 0.3) is 0 Å². The van der Waals surface area contributed by atoms with Crippen LogP contribution in [0.1, 0.15) is 36.5 Å². The zero-order valence-corrected chi connectivity index (χ0v) is 14.3. The molecular weight excluding hydrogens is 304 g/mol. The van der Waals surface area contributed by atoms with E-state index in [1.54, 1.807) is 0 Å². The van der Waals surface area contributed by atoms with Crippen LogP contribution in [0.5, 0.6) is 0 Å². The minimum absolute atomic E-state index is 0. The van der Waals surface area contributed by atoms with Gasteiger partial charge < -0.3 is 10.4 Å². The van der Waals surface area contributed by atoms with Crippen molar-refractivity contribution in [3.05, 3.63) is 28.8 Å². The van der Waals surface area contributed by atoms with Gasteiger partial charge in [0.2, 0.25) is 5.91 Å². The number of hydrogen-bond acceptors (Lipinski definition) is 3. The molecule has 1 unspecified atom stereocenters. The number of carboxylic acids is 1. The molecular formula is C16H25ClN2O3. The van der Waals surface area contributed by atoms with Crippen molar-refractivity contribution in [2.24, 2.45) is 0 Å². The molecule has 0 spiro atoms. The summed E-state index contributed by atoms with van der Waals surface area (Å²) in [4.78, 5) is 23.0. The second-order valence-electron chi connectivity index (χ2n) is 5.38. The molecule has 0 heterocycles. The zero-order valence-electron chi connectivity index (χ0n) is 13.5. The molecule has 22 heavy (non-hydrogen) atoms. The van der Waals surface area contributed by atoms with Crippen molar-refractivity contribution in [1.82, 2.24) is 5.32 Å². The molecule has 1 aromatic rings. The lowest BCUT2D eigenvalue weighted by Gasteiger charge is -2.15. The fourth-order valence-electron chi connectivity index (χ4n) is 2.38. The van der Waals surface area contributed by atoms with Crippen molar-refractivity contribution in [3.8, 4) is 0 Å². The fraction of sp³-hybridized carbons (Fsp3) is 0.500. The number of carbonyl (C=O) groups excluding carboxylic acids is 1. The molecule has 124 valence electrons. The number of nitrogens with one attached hydrogen (secondary N) is 2. The van der Waals surface area contributed by atoms with Crippen LogP contribution in [0.4, 0.5) is 5.69 Å². The van der Waals surface area contributed by atoms with Crippen LogP contribution in [0.2, 0.25) is 0 Å². The predicted molar refractivity (Wildman–Crippen MR) is 90.9 cm³/mol. The Balaban J connectivity index is 0.00000441. The van der Waals surface area contributed by atoms with Gasteiger partial charge in [0.05, 0.1) is 6.54 Å². The van der Waals surface area contributed by atoms with E-state index in [0.29, 0.717) is 6.42 Å². The summed E-state index contributed by atoms with van der Waals surface area (Å²) in [5.41, 5.74) is 3.96. The monoisotopic (exact) mass is 328 g/mol. The molecule has 5 nitrogen and oxygen atoms in total. The lowest BCUT2D eigenvalue weighted by molar-refractivity contribution is -0.139. The van der Waals surface area contributed by atoms with Crippen molar-refractivity contribution in [1.29, 1.82) is 0 Å². The number of hydrogen-bond donors (Lipinski definition) is 3. The van der Waals surface area contributed by atoms with Gasteiger partial charge in [0.1, 0.15) is 6.04 Å². The molecule has 0 aliphatic heterocycles. The highest BCUT2D eigenvalue weighted by Crippen LogP contribution is 2.21. The molecule has 0 aromatic heterocycles. The molecule has 1 rings (SSSR count). The quantitative estimate of drug-likeness (QED) is 0.719. The van der Waals surface area contributed by atoms with Crippen LogP contribution in [-0.2, 0) is 9.59 Å². The molecule has 0 saturated heterocycles. The van der Waals surface area contributed by atoms with E-state index in [0.717, 1.165) is 28.8 Å². The molecule has 0 saturated carbocycles. The second kappa shape index (κ2) is 9.43. The Morgan fingerprint density at radius 3 is 2.18 bits per heavy atom. The number of rotatable bonds is 7. The third-order valence-corrected chi connectivity index (χ3v) is 3.33. The number of anilines is 1. The summed E-state index contributed by atoms with van der Waals surface area (Å²) in [6.07, 6.45) is 1.26. The Bertz CT molecular complexity index is 509. The number of halogens is 1. The highest BCUT2D eigenvalue weighted by Gasteiger charge is 2.17. The van der Waals surface area contributed by atoms with Gasteiger partial charge in [-0.05, 0) is 38.3 Å². The Morgan fingerprint density at radius 2 is 1.73 bits per heavy atom. The molecule has 0 bridgehead atoms. The highest BCUT2D eigenvalue weighted by molar-refractivity contribution is 5.94. The molecule has 6 heteroatoms. The van der Waals surface area contributed by atoms with Crippen LogP contribution < -0.4 is 10.6 Å². The van der Waals surface area contributed by atoms with E-state index in [-0.39, 0.29) is 24.9 Å². The van der Waals surface area contributed by atoms with Crippen LogP contribution in [0.15, 0.2) is 12.1 Å². The van der Waals surface area contributed by atoms with E-state index in [4.69, 9.17) is 5.11 Å². The van der Waals surface area contributed by atoms with Gasteiger partial charge in [-0.3, -0.25) is 14.9 Å². The molecule has 0 fully saturated rings. The van der Waals surface area contributed by atoms with Crippen LogP contribution in [0.3, 0.4) is 0 Å². The molecule has 0 radical (unpaired) electrons. The number of carboxylic acid groups (broad SMARTS) is 1. The van der Waals surface area contributed by atoms with Gasteiger partial charge in [-0.1, -0.05) is 31.0 Å². The third-order valence-electron chi connectivity index (χ3n) is 3.33. The smallest absolute Gasteiger partial charge is 0.320 e. The van der Waals surface area contributed by atoms with Gasteiger partial charge in [0, 0.05) is 5.69 Å². The number of aryl methyl sites for hydroxylation is 3. The van der Waals surface area contributed by atoms with Crippen molar-refractivity contribution in [2.75, 3.05) is 11.9 Å². The second-order valence-corrected chi connectivity index (χ2v) is 5.38. The minimum atomic E-state index is -0.924. The SMILES string of the molecule is CCCC(NCC(=O)Nc1c(C)cc(C)cc1C)C(=O)O.Cl. The average molecular weight is 329 g/mol. The predicted octanol–water partition coefficient (Wildman–Crippen LogP) is 2.82. The van der Waals surface area contributed by atoms with E-state index in [1.165, 1.54) is 0 Å².